The van der Waals surface area contributed by atoms with Crippen molar-refractivity contribution in [3.05, 3.63) is 29.8 Å². The lowest BCUT2D eigenvalue weighted by Gasteiger charge is -2.21. The van der Waals surface area contributed by atoms with Crippen molar-refractivity contribution < 1.29 is 18.6 Å². The predicted molar refractivity (Wildman–Crippen MR) is 84.4 cm³/mol. The summed E-state index contributed by atoms with van der Waals surface area (Å²) in [7, 11) is -3.16. The normalized spacial score (nSPS) is 21.7. The van der Waals surface area contributed by atoms with E-state index in [1.807, 2.05) is 12.1 Å². The van der Waals surface area contributed by atoms with Gasteiger partial charge in [0.2, 0.25) is 0 Å². The van der Waals surface area contributed by atoms with Crippen molar-refractivity contribution in [1.82, 2.24) is 9.80 Å². The van der Waals surface area contributed by atoms with Gasteiger partial charge in [0, 0.05) is 45.5 Å². The molecular formula is C15H24N2O4S. The third-order valence-electron chi connectivity index (χ3n) is 3.84. The van der Waals surface area contributed by atoms with E-state index < -0.39 is 15.9 Å². The van der Waals surface area contributed by atoms with Crippen LogP contribution in [0.15, 0.2) is 29.2 Å². The number of aliphatic hydroxyl groups is 2. The Labute approximate surface area is 131 Å². The Hall–Kier alpha value is -0.990. The molecule has 1 fully saturated rings. The van der Waals surface area contributed by atoms with Gasteiger partial charge < -0.3 is 10.2 Å². The maximum atomic E-state index is 11.5. The molecule has 1 aliphatic rings. The third-order valence-corrected chi connectivity index (χ3v) is 4.97. The largest absolute Gasteiger partial charge is 0.395 e. The molecule has 1 aromatic rings. The van der Waals surface area contributed by atoms with E-state index in [0.29, 0.717) is 31.1 Å². The van der Waals surface area contributed by atoms with Crippen molar-refractivity contribution in [2.24, 2.45) is 0 Å². The molecule has 7 heteroatoms. The first-order valence-corrected chi connectivity index (χ1v) is 9.30. The number of hydrogen-bond donors (Lipinski definition) is 2. The first-order chi connectivity index (χ1) is 10.4. The summed E-state index contributed by atoms with van der Waals surface area (Å²) >= 11 is 0. The fourth-order valence-corrected chi connectivity index (χ4v) is 3.34. The first-order valence-electron chi connectivity index (χ1n) is 7.41. The molecule has 0 amide bonds. The summed E-state index contributed by atoms with van der Waals surface area (Å²) in [5, 5.41) is 19.0. The number of nitrogens with zero attached hydrogens (tertiary/aromatic N) is 2. The standard InChI is InChI=1S/C15H24N2O4S/c1-22(20,21)15-4-2-13(3-5-15)10-17-7-6-16(8-9-18)11-14(19)12-17/h2-5,14,18-19H,6-12H2,1H3. The van der Waals surface area contributed by atoms with Gasteiger partial charge in [0.1, 0.15) is 0 Å². The molecule has 2 N–H and O–H groups in total. The van der Waals surface area contributed by atoms with Gasteiger partial charge in [0.25, 0.3) is 0 Å². The Balaban J connectivity index is 1.98. The SMILES string of the molecule is CS(=O)(=O)c1ccc(CN2CCN(CCO)CC(O)C2)cc1. The van der Waals surface area contributed by atoms with Gasteiger partial charge in [-0.15, -0.1) is 0 Å². The zero-order chi connectivity index (χ0) is 16.2. The topological polar surface area (TPSA) is 81.1 Å². The van der Waals surface area contributed by atoms with Gasteiger partial charge in [-0.1, -0.05) is 12.1 Å². The molecule has 124 valence electrons. The summed E-state index contributed by atoms with van der Waals surface area (Å²) in [5.74, 6) is 0. The van der Waals surface area contributed by atoms with Gasteiger partial charge in [-0.05, 0) is 17.7 Å². The van der Waals surface area contributed by atoms with E-state index in [9.17, 15) is 13.5 Å². The molecule has 1 aromatic carbocycles. The van der Waals surface area contributed by atoms with Crippen LogP contribution in [0.3, 0.4) is 0 Å². The van der Waals surface area contributed by atoms with Gasteiger partial charge in [-0.2, -0.15) is 0 Å². The second kappa shape index (κ2) is 7.52. The number of rotatable bonds is 5. The Bertz CT molecular complexity index is 574. The van der Waals surface area contributed by atoms with Crippen molar-refractivity contribution in [3.8, 4) is 0 Å². The highest BCUT2D eigenvalue weighted by molar-refractivity contribution is 7.90. The highest BCUT2D eigenvalue weighted by Gasteiger charge is 2.20. The van der Waals surface area contributed by atoms with E-state index in [1.165, 1.54) is 6.26 Å². The fourth-order valence-electron chi connectivity index (χ4n) is 2.71. The molecule has 1 heterocycles. The van der Waals surface area contributed by atoms with Gasteiger partial charge in [-0.25, -0.2) is 8.42 Å². The summed E-state index contributed by atoms with van der Waals surface area (Å²) in [6.07, 6.45) is 0.757. The fraction of sp³-hybridized carbons (Fsp3) is 0.600. The van der Waals surface area contributed by atoms with E-state index >= 15 is 0 Å². The molecule has 1 unspecified atom stereocenters. The van der Waals surface area contributed by atoms with E-state index in [-0.39, 0.29) is 6.61 Å². The average Bonchev–Trinajstić information content (AvgIpc) is 2.60. The van der Waals surface area contributed by atoms with Crippen LogP contribution < -0.4 is 0 Å². The monoisotopic (exact) mass is 328 g/mol. The minimum Gasteiger partial charge on any atom is -0.395 e. The second-order valence-electron chi connectivity index (χ2n) is 5.83. The first kappa shape index (κ1) is 17.4. The minimum atomic E-state index is -3.16. The molecule has 0 aliphatic carbocycles. The molecule has 0 saturated carbocycles. The zero-order valence-electron chi connectivity index (χ0n) is 12.9. The van der Waals surface area contributed by atoms with E-state index in [2.05, 4.69) is 9.80 Å². The summed E-state index contributed by atoms with van der Waals surface area (Å²) in [5.41, 5.74) is 1.02. The number of β-amino-alcohol motifs (C(OH)–C–C–N with tert-alkyl or cyclic N) is 2. The van der Waals surface area contributed by atoms with Crippen molar-refractivity contribution in [3.63, 3.8) is 0 Å². The molecule has 1 aliphatic heterocycles. The Morgan fingerprint density at radius 3 is 2.32 bits per heavy atom. The molecule has 0 spiro atoms. The van der Waals surface area contributed by atoms with Crippen LogP contribution in [0.2, 0.25) is 0 Å². The summed E-state index contributed by atoms with van der Waals surface area (Å²) in [6.45, 7) is 4.12. The Kier molecular flexibility index (Phi) is 5.94. The zero-order valence-corrected chi connectivity index (χ0v) is 13.7. The van der Waals surface area contributed by atoms with Crippen LogP contribution in [0, 0.1) is 0 Å². The lowest BCUT2D eigenvalue weighted by molar-refractivity contribution is 0.101. The predicted octanol–water partition coefficient (Wildman–Crippen LogP) is -0.439. The van der Waals surface area contributed by atoms with Gasteiger partial charge in [0.05, 0.1) is 17.6 Å². The number of sulfone groups is 1. The highest BCUT2D eigenvalue weighted by atomic mass is 32.2. The van der Waals surface area contributed by atoms with E-state index in [0.717, 1.165) is 18.7 Å². The van der Waals surface area contributed by atoms with Crippen molar-refractivity contribution in [1.29, 1.82) is 0 Å². The molecule has 0 radical (unpaired) electrons. The third kappa shape index (κ3) is 5.03. The molecule has 6 nitrogen and oxygen atoms in total. The van der Waals surface area contributed by atoms with E-state index in [4.69, 9.17) is 5.11 Å². The van der Waals surface area contributed by atoms with Gasteiger partial charge >= 0.3 is 0 Å². The van der Waals surface area contributed by atoms with Gasteiger partial charge in [0.15, 0.2) is 9.84 Å². The lowest BCUT2D eigenvalue weighted by Crippen LogP contribution is -2.34. The average molecular weight is 328 g/mol. The number of benzene rings is 1. The highest BCUT2D eigenvalue weighted by Crippen LogP contribution is 2.13. The van der Waals surface area contributed by atoms with Crippen molar-refractivity contribution >= 4 is 9.84 Å². The number of hydrogen-bond acceptors (Lipinski definition) is 6. The van der Waals surface area contributed by atoms with Crippen LogP contribution >= 0.6 is 0 Å². The molecule has 1 atom stereocenters. The molecule has 2 rings (SSSR count). The van der Waals surface area contributed by atoms with E-state index in [1.54, 1.807) is 12.1 Å². The van der Waals surface area contributed by atoms with Crippen molar-refractivity contribution in [2.45, 2.75) is 17.5 Å². The summed E-state index contributed by atoms with van der Waals surface area (Å²) < 4.78 is 22.9. The Morgan fingerprint density at radius 1 is 1.14 bits per heavy atom. The van der Waals surface area contributed by atoms with Crippen LogP contribution in [-0.4, -0.2) is 80.1 Å². The Morgan fingerprint density at radius 2 is 1.73 bits per heavy atom. The molecule has 0 bridgehead atoms. The maximum absolute atomic E-state index is 11.5. The quantitative estimate of drug-likeness (QED) is 0.763. The van der Waals surface area contributed by atoms with Crippen LogP contribution in [0.25, 0.3) is 0 Å². The molecule has 22 heavy (non-hydrogen) atoms. The van der Waals surface area contributed by atoms with Crippen LogP contribution in [0.5, 0.6) is 0 Å². The molecular weight excluding hydrogens is 304 g/mol. The lowest BCUT2D eigenvalue weighted by atomic mass is 10.2. The smallest absolute Gasteiger partial charge is 0.175 e. The van der Waals surface area contributed by atoms with Crippen LogP contribution in [-0.2, 0) is 16.4 Å². The van der Waals surface area contributed by atoms with Crippen molar-refractivity contribution in [2.75, 3.05) is 45.6 Å². The second-order valence-corrected chi connectivity index (χ2v) is 7.85. The molecule has 1 saturated heterocycles. The summed E-state index contributed by atoms with van der Waals surface area (Å²) in [4.78, 5) is 4.52. The van der Waals surface area contributed by atoms with Crippen LogP contribution in [0.1, 0.15) is 5.56 Å². The maximum Gasteiger partial charge on any atom is 0.175 e. The van der Waals surface area contributed by atoms with Gasteiger partial charge in [-0.3, -0.25) is 9.80 Å². The molecule has 0 aromatic heterocycles. The summed E-state index contributed by atoms with van der Waals surface area (Å²) in [6, 6.07) is 6.88. The minimum absolute atomic E-state index is 0.0969. The van der Waals surface area contributed by atoms with Crippen LogP contribution in [0.4, 0.5) is 0 Å². The number of aliphatic hydroxyl groups excluding tert-OH is 2.